The number of halogens is 4. The number of anilines is 1. The Kier molecular flexibility index (Phi) is 4.59. The summed E-state index contributed by atoms with van der Waals surface area (Å²) in [7, 11) is 0. The van der Waals surface area contributed by atoms with Gasteiger partial charge in [0.25, 0.3) is 0 Å². The molecule has 3 N–H and O–H groups in total. The normalized spacial score (nSPS) is 17.0. The number of hydrogen-bond acceptors (Lipinski definition) is 4. The van der Waals surface area contributed by atoms with Crippen LogP contribution in [0.5, 0.6) is 0 Å². The second kappa shape index (κ2) is 6.01. The zero-order valence-corrected chi connectivity index (χ0v) is 12.8. The predicted molar refractivity (Wildman–Crippen MR) is 80.3 cm³/mol. The van der Waals surface area contributed by atoms with Crippen molar-refractivity contribution in [1.82, 2.24) is 4.98 Å². The zero-order valence-electron chi connectivity index (χ0n) is 11.9. The number of nitrogens with one attached hydrogen (secondary N) is 1. The van der Waals surface area contributed by atoms with Crippen molar-refractivity contribution < 1.29 is 22.4 Å². The van der Waals surface area contributed by atoms with Crippen LogP contribution in [-0.2, 0) is 11.0 Å². The van der Waals surface area contributed by atoms with Gasteiger partial charge in [-0.1, -0.05) is 12.8 Å². The number of nitrogens with two attached hydrogens (primary N) is 1. The molecule has 0 aliphatic heterocycles. The van der Waals surface area contributed by atoms with E-state index in [1.165, 1.54) is 18.2 Å². The number of benzene rings is 1. The second-order valence-electron chi connectivity index (χ2n) is 5.52. The second-order valence-corrected chi connectivity index (χ2v) is 5.52. The SMILES string of the molecule is Cl.NC1(C(=O)Nc2ccc3oc(C(F)(F)F)nc3c2)CCCC1. The molecule has 0 bridgehead atoms. The first kappa shape index (κ1) is 17.6. The van der Waals surface area contributed by atoms with Crippen LogP contribution in [0.3, 0.4) is 0 Å². The molecular formula is C14H15ClF3N3O2. The monoisotopic (exact) mass is 349 g/mol. The Bertz CT molecular complexity index is 724. The molecular weight excluding hydrogens is 335 g/mol. The fraction of sp³-hybridized carbons (Fsp3) is 0.429. The van der Waals surface area contributed by atoms with Crippen molar-refractivity contribution >= 4 is 35.1 Å². The molecule has 1 fully saturated rings. The molecule has 0 radical (unpaired) electrons. The lowest BCUT2D eigenvalue weighted by molar-refractivity contribution is -0.156. The summed E-state index contributed by atoms with van der Waals surface area (Å²) in [5.41, 5.74) is 5.50. The van der Waals surface area contributed by atoms with Crippen LogP contribution in [-0.4, -0.2) is 16.4 Å². The highest BCUT2D eigenvalue weighted by Crippen LogP contribution is 2.32. The van der Waals surface area contributed by atoms with Gasteiger partial charge in [0.2, 0.25) is 5.91 Å². The van der Waals surface area contributed by atoms with E-state index in [0.29, 0.717) is 18.5 Å². The van der Waals surface area contributed by atoms with Crippen molar-refractivity contribution in [2.45, 2.75) is 37.4 Å². The minimum absolute atomic E-state index is 0. The van der Waals surface area contributed by atoms with E-state index in [0.717, 1.165) is 12.8 Å². The number of fused-ring (bicyclic) bond motifs is 1. The Morgan fingerprint density at radius 2 is 1.96 bits per heavy atom. The summed E-state index contributed by atoms with van der Waals surface area (Å²) < 4.78 is 42.3. The van der Waals surface area contributed by atoms with Gasteiger partial charge in [0.05, 0.1) is 5.54 Å². The van der Waals surface area contributed by atoms with Crippen LogP contribution in [0, 0.1) is 0 Å². The molecule has 2 aromatic rings. The summed E-state index contributed by atoms with van der Waals surface area (Å²) in [5.74, 6) is -1.64. The summed E-state index contributed by atoms with van der Waals surface area (Å²) in [6.07, 6.45) is -1.66. The summed E-state index contributed by atoms with van der Waals surface area (Å²) in [6.45, 7) is 0. The quantitative estimate of drug-likeness (QED) is 0.869. The third kappa shape index (κ3) is 3.42. The van der Waals surface area contributed by atoms with Gasteiger partial charge < -0.3 is 15.5 Å². The number of hydrogen-bond donors (Lipinski definition) is 2. The maximum Gasteiger partial charge on any atom is 0.468 e. The van der Waals surface area contributed by atoms with Crippen LogP contribution in [0.4, 0.5) is 18.9 Å². The Morgan fingerprint density at radius 1 is 1.30 bits per heavy atom. The predicted octanol–water partition coefficient (Wildman–Crippen LogP) is 3.48. The standard InChI is InChI=1S/C14H14F3N3O2.ClH/c15-14(16,17)12-20-9-7-8(3-4-10(9)22-12)19-11(21)13(18)5-1-2-6-13;/h3-4,7H,1-2,5-6,18H2,(H,19,21);1H. The van der Waals surface area contributed by atoms with Crippen molar-refractivity contribution in [3.63, 3.8) is 0 Å². The Labute approximate surface area is 135 Å². The van der Waals surface area contributed by atoms with E-state index in [9.17, 15) is 18.0 Å². The highest BCUT2D eigenvalue weighted by atomic mass is 35.5. The molecule has 9 heteroatoms. The summed E-state index contributed by atoms with van der Waals surface area (Å²) in [4.78, 5) is 15.6. The minimum Gasteiger partial charge on any atom is -0.433 e. The minimum atomic E-state index is -4.65. The summed E-state index contributed by atoms with van der Waals surface area (Å²) >= 11 is 0. The van der Waals surface area contributed by atoms with Crippen molar-refractivity contribution in [3.8, 4) is 0 Å². The maximum atomic E-state index is 12.5. The van der Waals surface area contributed by atoms with Crippen LogP contribution in [0.2, 0.25) is 0 Å². The number of rotatable bonds is 2. The van der Waals surface area contributed by atoms with Crippen molar-refractivity contribution in [2.24, 2.45) is 5.73 Å². The van der Waals surface area contributed by atoms with E-state index >= 15 is 0 Å². The molecule has 1 heterocycles. The van der Waals surface area contributed by atoms with E-state index in [-0.39, 0.29) is 29.4 Å². The first-order valence-electron chi connectivity index (χ1n) is 6.86. The molecule has 1 aromatic heterocycles. The lowest BCUT2D eigenvalue weighted by atomic mass is 9.98. The average molecular weight is 350 g/mol. The molecule has 0 saturated heterocycles. The van der Waals surface area contributed by atoms with E-state index < -0.39 is 17.6 Å². The maximum absolute atomic E-state index is 12.5. The highest BCUT2D eigenvalue weighted by Gasteiger charge is 2.38. The fourth-order valence-corrected chi connectivity index (χ4v) is 2.61. The van der Waals surface area contributed by atoms with Gasteiger partial charge in [-0.3, -0.25) is 4.79 Å². The van der Waals surface area contributed by atoms with Crippen LogP contribution in [0.1, 0.15) is 31.6 Å². The summed E-state index contributed by atoms with van der Waals surface area (Å²) in [5, 5.41) is 2.64. The van der Waals surface area contributed by atoms with Gasteiger partial charge in [0, 0.05) is 5.69 Å². The number of carbonyl (C=O) groups excluding carboxylic acids is 1. The number of aromatic nitrogens is 1. The molecule has 0 unspecified atom stereocenters. The zero-order chi connectivity index (χ0) is 16.0. The largest absolute Gasteiger partial charge is 0.468 e. The van der Waals surface area contributed by atoms with E-state index in [1.807, 2.05) is 0 Å². The van der Waals surface area contributed by atoms with E-state index in [4.69, 9.17) is 5.73 Å². The van der Waals surface area contributed by atoms with Crippen molar-refractivity contribution in [1.29, 1.82) is 0 Å². The lowest BCUT2D eigenvalue weighted by Gasteiger charge is -2.22. The number of nitrogens with zero attached hydrogens (tertiary/aromatic N) is 1. The number of amides is 1. The van der Waals surface area contributed by atoms with Gasteiger partial charge in [-0.2, -0.15) is 13.2 Å². The molecule has 0 spiro atoms. The van der Waals surface area contributed by atoms with Gasteiger partial charge in [0.15, 0.2) is 5.58 Å². The van der Waals surface area contributed by atoms with Gasteiger partial charge >= 0.3 is 12.1 Å². The Morgan fingerprint density at radius 3 is 2.57 bits per heavy atom. The first-order chi connectivity index (χ1) is 10.3. The highest BCUT2D eigenvalue weighted by molar-refractivity contribution is 5.99. The van der Waals surface area contributed by atoms with Crippen molar-refractivity contribution in [3.05, 3.63) is 24.1 Å². The number of carbonyl (C=O) groups is 1. The average Bonchev–Trinajstić information content (AvgIpc) is 3.04. The molecule has 3 rings (SSSR count). The van der Waals surface area contributed by atoms with Gasteiger partial charge in [-0.25, -0.2) is 4.98 Å². The van der Waals surface area contributed by atoms with Crippen molar-refractivity contribution in [2.75, 3.05) is 5.32 Å². The molecule has 1 amide bonds. The molecule has 23 heavy (non-hydrogen) atoms. The Hall–Kier alpha value is -1.80. The van der Waals surface area contributed by atoms with Crippen LogP contribution < -0.4 is 11.1 Å². The number of oxazole rings is 1. The fourth-order valence-electron chi connectivity index (χ4n) is 2.61. The molecule has 0 atom stereocenters. The van der Waals surface area contributed by atoms with Crippen LogP contribution in [0.15, 0.2) is 22.6 Å². The molecule has 1 aromatic carbocycles. The van der Waals surface area contributed by atoms with Crippen LogP contribution >= 0.6 is 12.4 Å². The van der Waals surface area contributed by atoms with Crippen LogP contribution in [0.25, 0.3) is 11.1 Å². The molecule has 5 nitrogen and oxygen atoms in total. The lowest BCUT2D eigenvalue weighted by Crippen LogP contribution is -2.48. The van der Waals surface area contributed by atoms with E-state index in [2.05, 4.69) is 14.7 Å². The van der Waals surface area contributed by atoms with E-state index in [1.54, 1.807) is 0 Å². The smallest absolute Gasteiger partial charge is 0.433 e. The molecule has 1 aliphatic rings. The molecule has 1 saturated carbocycles. The van der Waals surface area contributed by atoms with Gasteiger partial charge in [-0.15, -0.1) is 12.4 Å². The molecule has 1 aliphatic carbocycles. The third-order valence-corrected chi connectivity index (χ3v) is 3.84. The summed E-state index contributed by atoms with van der Waals surface area (Å²) in [6, 6.07) is 4.14. The van der Waals surface area contributed by atoms with Gasteiger partial charge in [-0.05, 0) is 31.0 Å². The topological polar surface area (TPSA) is 81.2 Å². The Balaban J connectivity index is 0.00000192. The first-order valence-corrected chi connectivity index (χ1v) is 6.86. The molecule has 126 valence electrons. The van der Waals surface area contributed by atoms with Gasteiger partial charge in [0.1, 0.15) is 5.52 Å². The number of alkyl halides is 3. The third-order valence-electron chi connectivity index (χ3n) is 3.84.